The van der Waals surface area contributed by atoms with Crippen LogP contribution < -0.4 is 14.5 Å². The predicted octanol–water partition coefficient (Wildman–Crippen LogP) is 5.02. The maximum absolute atomic E-state index is 13.9. The van der Waals surface area contributed by atoms with Crippen LogP contribution in [0.4, 0.5) is 15.9 Å². The monoisotopic (exact) mass is 611 g/mol. The van der Waals surface area contributed by atoms with Gasteiger partial charge in [-0.15, -0.1) is 0 Å². The number of carbonyl (C=O) groups excluding carboxylic acids is 1. The number of halogens is 1. The summed E-state index contributed by atoms with van der Waals surface area (Å²) in [6.45, 7) is 13.8. The third kappa shape index (κ3) is 5.70. The molecule has 0 bridgehead atoms. The molecule has 3 aliphatic heterocycles. The first-order valence-electron chi connectivity index (χ1n) is 15.8. The Morgan fingerprint density at radius 2 is 1.93 bits per heavy atom. The van der Waals surface area contributed by atoms with Crippen molar-refractivity contribution in [1.82, 2.24) is 19.8 Å². The zero-order valence-electron chi connectivity index (χ0n) is 26.7. The van der Waals surface area contributed by atoms with Crippen LogP contribution in [0.25, 0.3) is 10.8 Å². The van der Waals surface area contributed by atoms with Gasteiger partial charge in [-0.1, -0.05) is 43.8 Å². The number of hydrogen-bond acceptors (Lipinski definition) is 8. The predicted molar refractivity (Wildman–Crippen MR) is 174 cm³/mol. The van der Waals surface area contributed by atoms with Crippen LogP contribution in [-0.4, -0.2) is 83.6 Å². The van der Waals surface area contributed by atoms with E-state index in [1.807, 2.05) is 0 Å². The lowest BCUT2D eigenvalue weighted by Crippen LogP contribution is -2.55. The summed E-state index contributed by atoms with van der Waals surface area (Å²) in [4.78, 5) is 30.8. The number of benzene rings is 2. The number of likely N-dealkylation sites (tertiary alicyclic amines) is 1. The van der Waals surface area contributed by atoms with E-state index in [1.54, 1.807) is 0 Å². The van der Waals surface area contributed by atoms with E-state index in [9.17, 15) is 14.4 Å². The minimum absolute atomic E-state index is 0.0862. The number of nitrogens with zero attached hydrogens (tertiary/aromatic N) is 7. The maximum Gasteiger partial charge on any atom is 0.318 e. The molecule has 1 unspecified atom stereocenters. The lowest BCUT2D eigenvalue weighted by Gasteiger charge is -2.42. The van der Waals surface area contributed by atoms with Crippen molar-refractivity contribution in [3.63, 3.8) is 0 Å². The molecule has 0 spiro atoms. The Hall–Kier alpha value is -4.23. The highest BCUT2D eigenvalue weighted by Gasteiger charge is 2.42. The number of rotatable bonds is 7. The molecule has 1 aromatic heterocycles. The minimum atomic E-state index is -1.01. The first kappa shape index (κ1) is 30.8. The zero-order chi connectivity index (χ0) is 31.9. The molecule has 0 N–H and O–H groups in total. The highest BCUT2D eigenvalue weighted by atomic mass is 19.1. The van der Waals surface area contributed by atoms with E-state index in [4.69, 9.17) is 14.7 Å². The fourth-order valence-corrected chi connectivity index (χ4v) is 7.23. The number of anilines is 2. The van der Waals surface area contributed by atoms with Crippen LogP contribution in [0.15, 0.2) is 48.8 Å². The lowest BCUT2D eigenvalue weighted by molar-refractivity contribution is -0.131. The molecule has 9 nitrogen and oxygen atoms in total. The van der Waals surface area contributed by atoms with Crippen molar-refractivity contribution >= 4 is 28.2 Å². The molecule has 0 radical (unpaired) electrons. The summed E-state index contributed by atoms with van der Waals surface area (Å²) in [5.41, 5.74) is 4.25. The van der Waals surface area contributed by atoms with E-state index >= 15 is 0 Å². The summed E-state index contributed by atoms with van der Waals surface area (Å²) < 4.78 is 20.3. The summed E-state index contributed by atoms with van der Waals surface area (Å²) in [6, 6.07) is 14.9. The number of amides is 1. The van der Waals surface area contributed by atoms with Crippen LogP contribution in [0.1, 0.15) is 43.5 Å². The van der Waals surface area contributed by atoms with Crippen LogP contribution in [0.5, 0.6) is 6.01 Å². The number of fused-ring (bicyclic) bond motifs is 2. The van der Waals surface area contributed by atoms with Crippen LogP contribution in [0.3, 0.4) is 0 Å². The number of aromatic nitrogens is 2. The standard InChI is InChI=1S/C35H42FN7O2/c1-23-8-6-9-26-10-7-11-30(31(23)26)41-17-14-28-29(21-41)38-34(45-22-35(4)24(2)13-16-40(35)5)39-32(28)42-18-19-43(33(44)25(3)36)27(20-42)12-15-37/h6-11,24,27H,3,12-14,16-22H2,1-2,4-5H3/t24?,27-,35+/m0/s1. The van der Waals surface area contributed by atoms with Crippen molar-refractivity contribution in [2.75, 3.05) is 56.2 Å². The van der Waals surface area contributed by atoms with Gasteiger partial charge in [0, 0.05) is 42.8 Å². The molecular formula is C35H42FN7O2. The molecule has 45 heavy (non-hydrogen) atoms. The van der Waals surface area contributed by atoms with Gasteiger partial charge in [0.25, 0.3) is 5.91 Å². The number of hydrogen-bond donors (Lipinski definition) is 0. The molecule has 2 aromatic carbocycles. The van der Waals surface area contributed by atoms with Gasteiger partial charge in [-0.25, -0.2) is 4.39 Å². The Labute approximate surface area is 264 Å². The average Bonchev–Trinajstić information content (AvgIpc) is 3.29. The second-order valence-electron chi connectivity index (χ2n) is 13.0. The first-order valence-corrected chi connectivity index (χ1v) is 15.8. The van der Waals surface area contributed by atoms with E-state index in [1.165, 1.54) is 26.9 Å². The Kier molecular flexibility index (Phi) is 8.40. The Balaban J connectivity index is 1.36. The molecule has 1 amide bonds. The Morgan fingerprint density at radius 3 is 2.64 bits per heavy atom. The maximum atomic E-state index is 13.9. The van der Waals surface area contributed by atoms with E-state index in [-0.39, 0.29) is 18.5 Å². The van der Waals surface area contributed by atoms with E-state index < -0.39 is 17.8 Å². The van der Waals surface area contributed by atoms with Gasteiger partial charge >= 0.3 is 6.01 Å². The van der Waals surface area contributed by atoms with E-state index in [0.29, 0.717) is 38.2 Å². The molecular weight excluding hydrogens is 569 g/mol. The number of nitriles is 1. The van der Waals surface area contributed by atoms with Crippen LogP contribution in [0.2, 0.25) is 0 Å². The van der Waals surface area contributed by atoms with Crippen LogP contribution in [-0.2, 0) is 17.8 Å². The Bertz CT molecular complexity index is 1650. The molecule has 236 valence electrons. The van der Waals surface area contributed by atoms with Crippen LogP contribution >= 0.6 is 0 Å². The Morgan fingerprint density at radius 1 is 1.16 bits per heavy atom. The van der Waals surface area contributed by atoms with Gasteiger partial charge in [0.05, 0.1) is 36.3 Å². The van der Waals surface area contributed by atoms with Gasteiger partial charge in [-0.2, -0.15) is 15.2 Å². The topological polar surface area (TPSA) is 88.8 Å². The van der Waals surface area contributed by atoms with Crippen molar-refractivity contribution in [2.24, 2.45) is 5.92 Å². The molecule has 3 atom stereocenters. The quantitative estimate of drug-likeness (QED) is 0.344. The molecule has 4 heterocycles. The SMILES string of the molecule is C=C(F)C(=O)N1CCN(c2nc(OC[C@]3(C)C(C)CCN3C)nc3c2CCN(c2cccc4cccc(C)c24)C3)C[C@@H]1CC#N. The number of carbonyl (C=O) groups is 1. The second-order valence-corrected chi connectivity index (χ2v) is 13.0. The third-order valence-electron chi connectivity index (χ3n) is 10.4. The summed E-state index contributed by atoms with van der Waals surface area (Å²) in [6.07, 6.45) is 1.93. The molecule has 10 heteroatoms. The van der Waals surface area contributed by atoms with E-state index in [0.717, 1.165) is 43.0 Å². The lowest BCUT2D eigenvalue weighted by atomic mass is 9.89. The molecule has 6 rings (SSSR count). The second kappa shape index (κ2) is 12.3. The van der Waals surface area contributed by atoms with E-state index in [2.05, 4.69) is 91.6 Å². The summed E-state index contributed by atoms with van der Waals surface area (Å²) in [5.74, 6) is -0.527. The average molecular weight is 612 g/mol. The number of likely N-dealkylation sites (N-methyl/N-ethyl adjacent to an activating group) is 1. The van der Waals surface area contributed by atoms with Gasteiger partial charge < -0.3 is 19.4 Å². The highest BCUT2D eigenvalue weighted by molar-refractivity contribution is 5.97. The fourth-order valence-electron chi connectivity index (χ4n) is 7.23. The first-order chi connectivity index (χ1) is 21.6. The molecule has 2 saturated heterocycles. The minimum Gasteiger partial charge on any atom is -0.461 e. The van der Waals surface area contributed by atoms with Gasteiger partial charge in [-0.05, 0) is 63.2 Å². The fraction of sp³-hybridized carbons (Fsp3) is 0.486. The van der Waals surface area contributed by atoms with Crippen molar-refractivity contribution in [3.8, 4) is 12.1 Å². The zero-order valence-corrected chi connectivity index (χ0v) is 26.7. The van der Waals surface area contributed by atoms with Gasteiger partial charge in [0.2, 0.25) is 0 Å². The third-order valence-corrected chi connectivity index (χ3v) is 10.4. The number of ether oxygens (including phenoxy) is 1. The summed E-state index contributed by atoms with van der Waals surface area (Å²) in [7, 11) is 2.14. The van der Waals surface area contributed by atoms with Gasteiger partial charge in [0.15, 0.2) is 5.83 Å². The highest BCUT2D eigenvalue weighted by Crippen LogP contribution is 2.37. The molecule has 0 saturated carbocycles. The molecule has 3 aliphatic rings. The van der Waals surface area contributed by atoms with Crippen LogP contribution in [0, 0.1) is 24.2 Å². The summed E-state index contributed by atoms with van der Waals surface area (Å²) in [5, 5.41) is 12.0. The number of aryl methyl sites for hydroxylation is 1. The van der Waals surface area contributed by atoms with Crippen molar-refractivity contribution in [1.29, 1.82) is 5.26 Å². The normalized spacial score (nSPS) is 23.6. The van der Waals surface area contributed by atoms with Crippen molar-refractivity contribution in [3.05, 3.63) is 65.6 Å². The van der Waals surface area contributed by atoms with Crippen molar-refractivity contribution < 1.29 is 13.9 Å². The largest absolute Gasteiger partial charge is 0.461 e. The molecule has 3 aromatic rings. The molecule has 2 fully saturated rings. The van der Waals surface area contributed by atoms with Gasteiger partial charge in [0.1, 0.15) is 12.4 Å². The summed E-state index contributed by atoms with van der Waals surface area (Å²) >= 11 is 0. The van der Waals surface area contributed by atoms with Gasteiger partial charge in [-0.3, -0.25) is 9.69 Å². The van der Waals surface area contributed by atoms with Crippen molar-refractivity contribution in [2.45, 2.75) is 58.2 Å². The molecule has 0 aliphatic carbocycles. The smallest absolute Gasteiger partial charge is 0.318 e. The number of piperazine rings is 1.